The third kappa shape index (κ3) is 7.36. The fourth-order valence-corrected chi connectivity index (χ4v) is 1.81. The van der Waals surface area contributed by atoms with E-state index in [-0.39, 0.29) is 11.8 Å². The minimum atomic E-state index is -0.339. The van der Waals surface area contributed by atoms with Crippen molar-refractivity contribution >= 4 is 11.8 Å². The predicted molar refractivity (Wildman–Crippen MR) is 80.0 cm³/mol. The Labute approximate surface area is 120 Å². The Balaban J connectivity index is 2.25. The molecule has 0 unspecified atom stereocenters. The third-order valence-corrected chi connectivity index (χ3v) is 2.93. The van der Waals surface area contributed by atoms with Crippen LogP contribution in [-0.4, -0.2) is 18.4 Å². The molecule has 0 heterocycles. The Kier molecular flexibility index (Phi) is 7.11. The number of nitrogens with two attached hydrogens (primary N) is 1. The summed E-state index contributed by atoms with van der Waals surface area (Å²) >= 11 is 0. The van der Waals surface area contributed by atoms with Crippen molar-refractivity contribution in [2.75, 3.05) is 6.54 Å². The molecule has 0 aliphatic heterocycles. The van der Waals surface area contributed by atoms with E-state index in [4.69, 9.17) is 5.73 Å². The van der Waals surface area contributed by atoms with Crippen molar-refractivity contribution in [2.45, 2.75) is 32.6 Å². The fraction of sp³-hybridized carbons (Fsp3) is 0.375. The molecule has 0 saturated carbocycles. The minimum absolute atomic E-state index is 0.111. The van der Waals surface area contributed by atoms with Gasteiger partial charge in [0, 0.05) is 19.0 Å². The maximum atomic E-state index is 11.6. The summed E-state index contributed by atoms with van der Waals surface area (Å²) in [5.41, 5.74) is 7.33. The summed E-state index contributed by atoms with van der Waals surface area (Å²) < 4.78 is 0. The average molecular weight is 274 g/mol. The average Bonchev–Trinajstić information content (AvgIpc) is 2.42. The highest BCUT2D eigenvalue weighted by Gasteiger charge is 2.00. The van der Waals surface area contributed by atoms with Gasteiger partial charge in [0.2, 0.25) is 11.8 Å². The van der Waals surface area contributed by atoms with Crippen molar-refractivity contribution < 1.29 is 9.59 Å². The highest BCUT2D eigenvalue weighted by molar-refractivity contribution is 5.88. The highest BCUT2D eigenvalue weighted by atomic mass is 16.1. The van der Waals surface area contributed by atoms with Crippen LogP contribution in [-0.2, 0) is 16.0 Å². The molecule has 1 aromatic rings. The number of hydrogen-bond donors (Lipinski definition) is 2. The first-order valence-electron chi connectivity index (χ1n) is 6.85. The molecule has 4 heteroatoms. The largest absolute Gasteiger partial charge is 0.370 e. The monoisotopic (exact) mass is 274 g/mol. The molecule has 0 bridgehead atoms. The molecular formula is C16H22N2O2. The summed E-state index contributed by atoms with van der Waals surface area (Å²) in [5, 5.41) is 2.74. The van der Waals surface area contributed by atoms with E-state index < -0.39 is 0 Å². The van der Waals surface area contributed by atoms with E-state index in [9.17, 15) is 9.59 Å². The van der Waals surface area contributed by atoms with Gasteiger partial charge in [-0.1, -0.05) is 35.9 Å². The molecular weight excluding hydrogens is 252 g/mol. The lowest BCUT2D eigenvalue weighted by molar-refractivity contribution is -0.119. The molecule has 0 spiro atoms. The Morgan fingerprint density at radius 3 is 2.55 bits per heavy atom. The lowest BCUT2D eigenvalue weighted by Gasteiger charge is -2.04. The number of rotatable bonds is 8. The van der Waals surface area contributed by atoms with Crippen LogP contribution in [0.25, 0.3) is 0 Å². The SMILES string of the molecule is CC(=CC(=O)NCCCC(N)=O)CCc1ccccc1. The first-order valence-corrected chi connectivity index (χ1v) is 6.85. The van der Waals surface area contributed by atoms with E-state index in [0.717, 1.165) is 18.4 Å². The maximum Gasteiger partial charge on any atom is 0.243 e. The van der Waals surface area contributed by atoms with Crippen molar-refractivity contribution in [3.8, 4) is 0 Å². The Morgan fingerprint density at radius 1 is 1.20 bits per heavy atom. The van der Waals surface area contributed by atoms with Gasteiger partial charge in [0.25, 0.3) is 0 Å². The van der Waals surface area contributed by atoms with Crippen LogP contribution in [0.15, 0.2) is 42.0 Å². The van der Waals surface area contributed by atoms with Gasteiger partial charge in [-0.3, -0.25) is 9.59 Å². The van der Waals surface area contributed by atoms with E-state index in [2.05, 4.69) is 17.4 Å². The zero-order valence-corrected chi connectivity index (χ0v) is 11.9. The quantitative estimate of drug-likeness (QED) is 0.562. The van der Waals surface area contributed by atoms with Crippen LogP contribution < -0.4 is 11.1 Å². The number of carbonyl (C=O) groups is 2. The second-order valence-corrected chi connectivity index (χ2v) is 4.84. The number of nitrogens with one attached hydrogen (secondary N) is 1. The van der Waals surface area contributed by atoms with Gasteiger partial charge in [0.15, 0.2) is 0 Å². The maximum absolute atomic E-state index is 11.6. The van der Waals surface area contributed by atoms with E-state index in [0.29, 0.717) is 19.4 Å². The number of allylic oxidation sites excluding steroid dienone is 1. The molecule has 1 aromatic carbocycles. The van der Waals surface area contributed by atoms with Crippen molar-refractivity contribution in [1.29, 1.82) is 0 Å². The summed E-state index contributed by atoms with van der Waals surface area (Å²) in [6.07, 6.45) is 4.29. The summed E-state index contributed by atoms with van der Waals surface area (Å²) in [6, 6.07) is 10.2. The normalized spacial score (nSPS) is 11.2. The van der Waals surface area contributed by atoms with E-state index in [1.54, 1.807) is 6.08 Å². The lowest BCUT2D eigenvalue weighted by Crippen LogP contribution is -2.24. The summed E-state index contributed by atoms with van der Waals surface area (Å²) in [5.74, 6) is -0.450. The van der Waals surface area contributed by atoms with Gasteiger partial charge in [-0.05, 0) is 31.7 Å². The molecule has 0 fully saturated rings. The summed E-state index contributed by atoms with van der Waals surface area (Å²) in [4.78, 5) is 22.1. The lowest BCUT2D eigenvalue weighted by atomic mass is 10.1. The summed E-state index contributed by atoms with van der Waals surface area (Å²) in [6.45, 7) is 2.43. The number of primary amides is 1. The summed E-state index contributed by atoms with van der Waals surface area (Å²) in [7, 11) is 0. The first-order chi connectivity index (χ1) is 9.58. The molecule has 0 aliphatic rings. The molecule has 0 saturated heterocycles. The second-order valence-electron chi connectivity index (χ2n) is 4.84. The zero-order valence-electron chi connectivity index (χ0n) is 11.9. The third-order valence-electron chi connectivity index (χ3n) is 2.93. The van der Waals surface area contributed by atoms with Gasteiger partial charge in [0.1, 0.15) is 0 Å². The molecule has 0 aromatic heterocycles. The van der Waals surface area contributed by atoms with E-state index in [1.807, 2.05) is 25.1 Å². The van der Waals surface area contributed by atoms with Crippen LogP contribution in [0.3, 0.4) is 0 Å². The molecule has 2 amide bonds. The standard InChI is InChI=1S/C16H22N2O2/c1-13(9-10-14-6-3-2-4-7-14)12-16(20)18-11-5-8-15(17)19/h2-4,6-7,12H,5,8-11H2,1H3,(H2,17,19)(H,18,20). The highest BCUT2D eigenvalue weighted by Crippen LogP contribution is 2.08. The van der Waals surface area contributed by atoms with Crippen molar-refractivity contribution in [1.82, 2.24) is 5.32 Å². The molecule has 108 valence electrons. The number of benzene rings is 1. The predicted octanol–water partition coefficient (Wildman–Crippen LogP) is 1.95. The Hall–Kier alpha value is -2.10. The number of aryl methyl sites for hydroxylation is 1. The second kappa shape index (κ2) is 8.91. The molecule has 0 atom stereocenters. The zero-order chi connectivity index (χ0) is 14.8. The van der Waals surface area contributed by atoms with Gasteiger partial charge in [-0.2, -0.15) is 0 Å². The molecule has 4 nitrogen and oxygen atoms in total. The van der Waals surface area contributed by atoms with Gasteiger partial charge < -0.3 is 11.1 Å². The molecule has 3 N–H and O–H groups in total. The Morgan fingerprint density at radius 2 is 1.90 bits per heavy atom. The number of carbonyl (C=O) groups excluding carboxylic acids is 2. The van der Waals surface area contributed by atoms with Gasteiger partial charge in [0.05, 0.1) is 0 Å². The molecule has 0 radical (unpaired) electrons. The molecule has 0 aliphatic carbocycles. The van der Waals surface area contributed by atoms with Crippen molar-refractivity contribution in [3.63, 3.8) is 0 Å². The van der Waals surface area contributed by atoms with Crippen LogP contribution in [0, 0.1) is 0 Å². The van der Waals surface area contributed by atoms with E-state index in [1.165, 1.54) is 5.56 Å². The van der Waals surface area contributed by atoms with Crippen molar-refractivity contribution in [2.24, 2.45) is 5.73 Å². The van der Waals surface area contributed by atoms with Crippen LogP contribution in [0.1, 0.15) is 31.7 Å². The van der Waals surface area contributed by atoms with E-state index >= 15 is 0 Å². The van der Waals surface area contributed by atoms with Crippen LogP contribution in [0.5, 0.6) is 0 Å². The molecule has 1 rings (SSSR count). The van der Waals surface area contributed by atoms with Gasteiger partial charge >= 0.3 is 0 Å². The topological polar surface area (TPSA) is 72.2 Å². The van der Waals surface area contributed by atoms with Crippen LogP contribution in [0.2, 0.25) is 0 Å². The van der Waals surface area contributed by atoms with Crippen LogP contribution in [0.4, 0.5) is 0 Å². The first kappa shape index (κ1) is 16.0. The van der Waals surface area contributed by atoms with Crippen molar-refractivity contribution in [3.05, 3.63) is 47.5 Å². The minimum Gasteiger partial charge on any atom is -0.370 e. The Bertz CT molecular complexity index is 467. The number of hydrogen-bond acceptors (Lipinski definition) is 2. The number of amides is 2. The smallest absolute Gasteiger partial charge is 0.243 e. The van der Waals surface area contributed by atoms with Gasteiger partial charge in [-0.15, -0.1) is 0 Å². The van der Waals surface area contributed by atoms with Gasteiger partial charge in [-0.25, -0.2) is 0 Å². The fourth-order valence-electron chi connectivity index (χ4n) is 1.81. The molecule has 20 heavy (non-hydrogen) atoms. The van der Waals surface area contributed by atoms with Crippen LogP contribution >= 0.6 is 0 Å².